The minimum Gasteiger partial charge on any atom is -0.480 e. The van der Waals surface area contributed by atoms with E-state index >= 15 is 0 Å². The number of carbonyl (C=O) groups is 3. The van der Waals surface area contributed by atoms with Crippen molar-refractivity contribution in [2.45, 2.75) is 18.4 Å². The zero-order valence-corrected chi connectivity index (χ0v) is 18.3. The SMILES string of the molecule is O=C(CSCCNC(=O)OCC1c2ccccc2-c2ccccc21)NC(CCO)C(=O)O. The largest absolute Gasteiger partial charge is 0.480 e. The number of amides is 2. The van der Waals surface area contributed by atoms with Crippen molar-refractivity contribution in [1.82, 2.24) is 10.6 Å². The van der Waals surface area contributed by atoms with Crippen molar-refractivity contribution in [3.63, 3.8) is 0 Å². The summed E-state index contributed by atoms with van der Waals surface area (Å²) in [5.74, 6) is -1.10. The van der Waals surface area contributed by atoms with Crippen molar-refractivity contribution in [3.8, 4) is 11.1 Å². The fourth-order valence-corrected chi connectivity index (χ4v) is 4.32. The summed E-state index contributed by atoms with van der Waals surface area (Å²) < 4.78 is 5.45. The topological polar surface area (TPSA) is 125 Å². The Hall–Kier alpha value is -3.04. The van der Waals surface area contributed by atoms with Crippen LogP contribution in [0.5, 0.6) is 0 Å². The lowest BCUT2D eigenvalue weighted by atomic mass is 9.98. The van der Waals surface area contributed by atoms with E-state index in [0.29, 0.717) is 12.3 Å². The summed E-state index contributed by atoms with van der Waals surface area (Å²) in [6.45, 7) is 0.221. The van der Waals surface area contributed by atoms with Crippen LogP contribution in [0.2, 0.25) is 0 Å². The number of carboxylic acids is 1. The Bertz CT molecular complexity index is 922. The van der Waals surface area contributed by atoms with Crippen LogP contribution in [0.1, 0.15) is 23.5 Å². The molecule has 1 aliphatic carbocycles. The molecule has 32 heavy (non-hydrogen) atoms. The molecule has 4 N–H and O–H groups in total. The number of carboxylic acid groups (broad SMARTS) is 1. The minimum absolute atomic E-state index is 0.00711. The third kappa shape index (κ3) is 6.02. The third-order valence-corrected chi connectivity index (χ3v) is 6.10. The van der Waals surface area contributed by atoms with Gasteiger partial charge in [0, 0.05) is 31.2 Å². The van der Waals surface area contributed by atoms with Gasteiger partial charge in [-0.15, -0.1) is 0 Å². The summed E-state index contributed by atoms with van der Waals surface area (Å²) in [4.78, 5) is 34.9. The van der Waals surface area contributed by atoms with Gasteiger partial charge in [0.15, 0.2) is 0 Å². The van der Waals surface area contributed by atoms with Gasteiger partial charge in [-0.3, -0.25) is 4.79 Å². The molecule has 170 valence electrons. The van der Waals surface area contributed by atoms with Gasteiger partial charge in [0.1, 0.15) is 12.6 Å². The average molecular weight is 459 g/mol. The number of ether oxygens (including phenoxy) is 1. The van der Waals surface area contributed by atoms with E-state index in [1.165, 1.54) is 11.8 Å². The van der Waals surface area contributed by atoms with Gasteiger partial charge in [-0.05, 0) is 22.3 Å². The summed E-state index contributed by atoms with van der Waals surface area (Å²) in [5.41, 5.74) is 4.61. The average Bonchev–Trinajstić information content (AvgIpc) is 3.11. The number of nitrogens with one attached hydrogen (secondary N) is 2. The van der Waals surface area contributed by atoms with E-state index in [9.17, 15) is 14.4 Å². The maximum absolute atomic E-state index is 12.1. The summed E-state index contributed by atoms with van der Waals surface area (Å²) in [5, 5.41) is 22.8. The molecule has 0 aromatic heterocycles. The van der Waals surface area contributed by atoms with E-state index < -0.39 is 24.0 Å². The van der Waals surface area contributed by atoms with Crippen molar-refractivity contribution < 1.29 is 29.3 Å². The van der Waals surface area contributed by atoms with E-state index in [0.717, 1.165) is 22.3 Å². The van der Waals surface area contributed by atoms with Gasteiger partial charge in [0.25, 0.3) is 0 Å². The Morgan fingerprint density at radius 1 is 1.03 bits per heavy atom. The molecular formula is C23H26N2O6S. The van der Waals surface area contributed by atoms with Crippen LogP contribution in [0.25, 0.3) is 11.1 Å². The molecule has 3 rings (SSSR count). The molecule has 1 unspecified atom stereocenters. The van der Waals surface area contributed by atoms with Crippen LogP contribution in [-0.2, 0) is 14.3 Å². The van der Waals surface area contributed by atoms with E-state index in [1.807, 2.05) is 24.3 Å². The lowest BCUT2D eigenvalue weighted by Gasteiger charge is -2.14. The first-order chi connectivity index (χ1) is 15.5. The lowest BCUT2D eigenvalue weighted by molar-refractivity contribution is -0.141. The monoisotopic (exact) mass is 458 g/mol. The van der Waals surface area contributed by atoms with Gasteiger partial charge in [-0.25, -0.2) is 9.59 Å². The van der Waals surface area contributed by atoms with Crippen molar-refractivity contribution in [3.05, 3.63) is 59.7 Å². The summed E-state index contributed by atoms with van der Waals surface area (Å²) >= 11 is 1.26. The number of carbonyl (C=O) groups excluding carboxylic acids is 2. The van der Waals surface area contributed by atoms with Gasteiger partial charge >= 0.3 is 12.1 Å². The van der Waals surface area contributed by atoms with Crippen molar-refractivity contribution in [2.24, 2.45) is 0 Å². The number of alkyl carbamates (subject to hydrolysis) is 1. The molecule has 0 saturated heterocycles. The fourth-order valence-electron chi connectivity index (χ4n) is 3.66. The second kappa shape index (κ2) is 11.5. The van der Waals surface area contributed by atoms with Crippen molar-refractivity contribution >= 4 is 29.7 Å². The molecule has 2 aromatic rings. The molecule has 2 aromatic carbocycles. The van der Waals surface area contributed by atoms with Crippen molar-refractivity contribution in [2.75, 3.05) is 31.3 Å². The Labute approximate surface area is 190 Å². The van der Waals surface area contributed by atoms with Crippen LogP contribution in [0.15, 0.2) is 48.5 Å². The zero-order valence-electron chi connectivity index (χ0n) is 17.5. The molecule has 1 aliphatic rings. The number of hydrogen-bond acceptors (Lipinski definition) is 6. The van der Waals surface area contributed by atoms with Crippen molar-refractivity contribution in [1.29, 1.82) is 0 Å². The van der Waals surface area contributed by atoms with E-state index in [4.69, 9.17) is 14.9 Å². The first-order valence-electron chi connectivity index (χ1n) is 10.3. The Morgan fingerprint density at radius 3 is 2.25 bits per heavy atom. The predicted molar refractivity (Wildman–Crippen MR) is 122 cm³/mol. The number of thioether (sulfide) groups is 1. The second-order valence-electron chi connectivity index (χ2n) is 7.28. The number of benzene rings is 2. The maximum atomic E-state index is 12.1. The number of fused-ring (bicyclic) bond motifs is 3. The summed E-state index contributed by atoms with van der Waals surface area (Å²) in [6, 6.07) is 15.1. The van der Waals surface area contributed by atoms with Crippen LogP contribution in [0, 0.1) is 0 Å². The molecule has 8 nitrogen and oxygen atoms in total. The number of aliphatic carboxylic acids is 1. The van der Waals surface area contributed by atoms with Crippen LogP contribution >= 0.6 is 11.8 Å². The third-order valence-electron chi connectivity index (χ3n) is 5.14. The second-order valence-corrected chi connectivity index (χ2v) is 8.38. The highest BCUT2D eigenvalue weighted by molar-refractivity contribution is 7.99. The Balaban J connectivity index is 1.38. The first kappa shape index (κ1) is 23.6. The van der Waals surface area contributed by atoms with E-state index in [1.54, 1.807) is 0 Å². The standard InChI is InChI=1S/C23H26N2O6S/c26-11-9-20(22(28)29)25-21(27)14-32-12-10-24-23(30)31-13-19-17-7-3-1-5-15(17)16-6-2-4-8-18(16)19/h1-8,19-20,26H,9-14H2,(H,24,30)(H,25,27)(H,28,29). The van der Waals surface area contributed by atoms with Gasteiger partial charge in [-0.1, -0.05) is 48.5 Å². The van der Waals surface area contributed by atoms with Gasteiger partial charge in [0.2, 0.25) is 5.91 Å². The maximum Gasteiger partial charge on any atom is 0.407 e. The van der Waals surface area contributed by atoms with Gasteiger partial charge in [0.05, 0.1) is 5.75 Å². The molecule has 0 heterocycles. The smallest absolute Gasteiger partial charge is 0.407 e. The van der Waals surface area contributed by atoms with E-state index in [2.05, 4.69) is 34.9 Å². The number of aliphatic hydroxyl groups is 1. The molecule has 2 amide bonds. The zero-order chi connectivity index (χ0) is 22.9. The minimum atomic E-state index is -1.19. The number of rotatable bonds is 11. The lowest BCUT2D eigenvalue weighted by Crippen LogP contribution is -2.42. The molecule has 9 heteroatoms. The number of aliphatic hydroxyl groups excluding tert-OH is 1. The summed E-state index contributed by atoms with van der Waals surface area (Å²) in [6.07, 6.45) is -0.569. The molecule has 0 saturated carbocycles. The van der Waals surface area contributed by atoms with Crippen LogP contribution in [0.4, 0.5) is 4.79 Å². The molecule has 0 bridgehead atoms. The summed E-state index contributed by atoms with van der Waals surface area (Å²) in [7, 11) is 0. The fraction of sp³-hybridized carbons (Fsp3) is 0.348. The number of hydrogen-bond donors (Lipinski definition) is 4. The first-order valence-corrected chi connectivity index (χ1v) is 11.5. The Morgan fingerprint density at radius 2 is 1.66 bits per heavy atom. The van der Waals surface area contributed by atoms with Crippen LogP contribution in [0.3, 0.4) is 0 Å². The van der Waals surface area contributed by atoms with Crippen LogP contribution < -0.4 is 10.6 Å². The molecule has 1 atom stereocenters. The molecule has 0 spiro atoms. The van der Waals surface area contributed by atoms with Gasteiger partial charge < -0.3 is 25.6 Å². The highest BCUT2D eigenvalue weighted by Gasteiger charge is 2.28. The Kier molecular flexibility index (Phi) is 8.52. The molecule has 0 radical (unpaired) electrons. The normalized spacial score (nSPS) is 13.0. The van der Waals surface area contributed by atoms with E-state index in [-0.39, 0.29) is 31.3 Å². The highest BCUT2D eigenvalue weighted by Crippen LogP contribution is 2.44. The highest BCUT2D eigenvalue weighted by atomic mass is 32.2. The quantitative estimate of drug-likeness (QED) is 0.381. The predicted octanol–water partition coefficient (Wildman–Crippen LogP) is 2.21. The van der Waals surface area contributed by atoms with Gasteiger partial charge in [-0.2, -0.15) is 11.8 Å². The molecule has 0 aliphatic heterocycles. The molecule has 0 fully saturated rings. The van der Waals surface area contributed by atoms with Crippen LogP contribution in [-0.4, -0.2) is 65.5 Å². The molecular weight excluding hydrogens is 432 g/mol.